The molecule has 3 rings (SSSR count). The zero-order valence-corrected chi connectivity index (χ0v) is 13.5. The van der Waals surface area contributed by atoms with Crippen LogP contribution in [0, 0.1) is 0 Å². The molecule has 0 N–H and O–H groups in total. The highest BCUT2D eigenvalue weighted by atomic mass is 16.5. The molecule has 1 aliphatic rings. The number of rotatable bonds is 3. The molecule has 0 saturated carbocycles. The maximum atomic E-state index is 12.7. The fraction of sp³-hybridized carbons (Fsp3) is 0.389. The van der Waals surface area contributed by atoms with Crippen molar-refractivity contribution < 1.29 is 9.53 Å². The molecular formula is C18H21N3O2. The standard InChI is InChI=1S/C18H21N3O2/c1-13-7-6-8-14(2)21(13)18(22)16-11-20-17(12-19-16)23-15-9-4-3-5-10-15/h3-5,9-14H,6-8H2,1-2H3/t13-,14+. The summed E-state index contributed by atoms with van der Waals surface area (Å²) < 4.78 is 5.60. The molecule has 0 spiro atoms. The highest BCUT2D eigenvalue weighted by molar-refractivity contribution is 5.92. The van der Waals surface area contributed by atoms with Gasteiger partial charge in [-0.15, -0.1) is 0 Å². The van der Waals surface area contributed by atoms with Crippen LogP contribution in [-0.2, 0) is 0 Å². The Hall–Kier alpha value is -2.43. The number of para-hydroxylation sites is 1. The van der Waals surface area contributed by atoms with E-state index in [9.17, 15) is 4.79 Å². The van der Waals surface area contributed by atoms with Gasteiger partial charge in [0.15, 0.2) is 0 Å². The predicted octanol–water partition coefficient (Wildman–Crippen LogP) is 3.67. The summed E-state index contributed by atoms with van der Waals surface area (Å²) in [6.45, 7) is 4.18. The van der Waals surface area contributed by atoms with Crippen LogP contribution in [0.25, 0.3) is 0 Å². The Labute approximate surface area is 136 Å². The summed E-state index contributed by atoms with van der Waals surface area (Å²) in [7, 11) is 0. The number of likely N-dealkylation sites (tertiary alicyclic amines) is 1. The number of hydrogen-bond donors (Lipinski definition) is 0. The minimum absolute atomic E-state index is 0.0524. The zero-order chi connectivity index (χ0) is 16.2. The third-order valence-electron chi connectivity index (χ3n) is 4.24. The molecule has 0 unspecified atom stereocenters. The molecule has 5 heteroatoms. The van der Waals surface area contributed by atoms with E-state index < -0.39 is 0 Å². The topological polar surface area (TPSA) is 55.3 Å². The van der Waals surface area contributed by atoms with Crippen molar-refractivity contribution in [3.63, 3.8) is 0 Å². The van der Waals surface area contributed by atoms with Gasteiger partial charge in [-0.2, -0.15) is 0 Å². The second kappa shape index (κ2) is 6.77. The first-order valence-corrected chi connectivity index (χ1v) is 8.03. The minimum atomic E-state index is -0.0524. The van der Waals surface area contributed by atoms with Gasteiger partial charge in [0, 0.05) is 12.1 Å². The highest BCUT2D eigenvalue weighted by Gasteiger charge is 2.30. The number of carbonyl (C=O) groups is 1. The van der Waals surface area contributed by atoms with Gasteiger partial charge in [0.05, 0.1) is 12.4 Å². The SMILES string of the molecule is C[C@@H]1CCC[C@H](C)N1C(=O)c1cnc(Oc2ccccc2)cn1. The molecular weight excluding hydrogens is 290 g/mol. The summed E-state index contributed by atoms with van der Waals surface area (Å²) in [5, 5.41) is 0. The van der Waals surface area contributed by atoms with Crippen molar-refractivity contribution in [2.24, 2.45) is 0 Å². The van der Waals surface area contributed by atoms with Crippen LogP contribution in [0.3, 0.4) is 0 Å². The first kappa shape index (κ1) is 15.5. The molecule has 2 atom stereocenters. The average molecular weight is 311 g/mol. The van der Waals surface area contributed by atoms with E-state index in [2.05, 4.69) is 23.8 Å². The molecule has 2 aromatic rings. The van der Waals surface area contributed by atoms with Crippen molar-refractivity contribution >= 4 is 5.91 Å². The summed E-state index contributed by atoms with van der Waals surface area (Å²) in [5.74, 6) is 1.02. The Balaban J connectivity index is 1.72. The summed E-state index contributed by atoms with van der Waals surface area (Å²) in [5.41, 5.74) is 0.367. The first-order chi connectivity index (χ1) is 11.1. The van der Waals surface area contributed by atoms with E-state index >= 15 is 0 Å². The first-order valence-electron chi connectivity index (χ1n) is 8.03. The van der Waals surface area contributed by atoms with E-state index in [1.807, 2.05) is 35.2 Å². The average Bonchev–Trinajstić information content (AvgIpc) is 2.56. The smallest absolute Gasteiger partial charge is 0.274 e. The summed E-state index contributed by atoms with van der Waals surface area (Å²) in [4.78, 5) is 23.0. The lowest BCUT2D eigenvalue weighted by atomic mass is 9.97. The van der Waals surface area contributed by atoms with Gasteiger partial charge >= 0.3 is 0 Å². The molecule has 1 amide bonds. The fourth-order valence-corrected chi connectivity index (χ4v) is 3.04. The van der Waals surface area contributed by atoms with Crippen molar-refractivity contribution in [2.45, 2.75) is 45.2 Å². The zero-order valence-electron chi connectivity index (χ0n) is 13.5. The second-order valence-electron chi connectivity index (χ2n) is 6.00. The molecule has 1 saturated heterocycles. The Morgan fingerprint density at radius 2 is 1.78 bits per heavy atom. The second-order valence-corrected chi connectivity index (χ2v) is 6.00. The molecule has 0 bridgehead atoms. The van der Waals surface area contributed by atoms with Crippen molar-refractivity contribution in [3.05, 3.63) is 48.4 Å². The van der Waals surface area contributed by atoms with Crippen molar-refractivity contribution in [1.82, 2.24) is 14.9 Å². The molecule has 0 radical (unpaired) electrons. The Bertz CT molecular complexity index is 648. The van der Waals surface area contributed by atoms with E-state index in [-0.39, 0.29) is 18.0 Å². The van der Waals surface area contributed by atoms with Gasteiger partial charge in [0.1, 0.15) is 11.4 Å². The largest absolute Gasteiger partial charge is 0.438 e. The van der Waals surface area contributed by atoms with E-state index in [1.165, 1.54) is 18.8 Å². The van der Waals surface area contributed by atoms with Crippen LogP contribution >= 0.6 is 0 Å². The minimum Gasteiger partial charge on any atom is -0.438 e. The van der Waals surface area contributed by atoms with Crippen LogP contribution in [0.15, 0.2) is 42.7 Å². The van der Waals surface area contributed by atoms with Crippen molar-refractivity contribution in [3.8, 4) is 11.6 Å². The molecule has 1 aromatic heterocycles. The van der Waals surface area contributed by atoms with Crippen LogP contribution in [-0.4, -0.2) is 32.9 Å². The monoisotopic (exact) mass is 311 g/mol. The van der Waals surface area contributed by atoms with Crippen LogP contribution < -0.4 is 4.74 Å². The van der Waals surface area contributed by atoms with E-state index in [1.54, 1.807) is 0 Å². The summed E-state index contributed by atoms with van der Waals surface area (Å²) in [6.07, 6.45) is 6.24. The van der Waals surface area contributed by atoms with E-state index in [0.29, 0.717) is 17.3 Å². The predicted molar refractivity (Wildman–Crippen MR) is 87.5 cm³/mol. The third kappa shape index (κ3) is 3.50. The molecule has 120 valence electrons. The Morgan fingerprint density at radius 3 is 2.39 bits per heavy atom. The van der Waals surface area contributed by atoms with Gasteiger partial charge in [-0.05, 0) is 45.2 Å². The van der Waals surface area contributed by atoms with Gasteiger partial charge in [-0.25, -0.2) is 9.97 Å². The van der Waals surface area contributed by atoms with Crippen molar-refractivity contribution in [2.75, 3.05) is 0 Å². The fourth-order valence-electron chi connectivity index (χ4n) is 3.04. The lowest BCUT2D eigenvalue weighted by molar-refractivity contribution is 0.0504. The third-order valence-corrected chi connectivity index (χ3v) is 4.24. The number of carbonyl (C=O) groups excluding carboxylic acids is 1. The van der Waals surface area contributed by atoms with Crippen LogP contribution in [0.1, 0.15) is 43.6 Å². The number of nitrogens with zero attached hydrogens (tertiary/aromatic N) is 3. The van der Waals surface area contributed by atoms with Crippen LogP contribution in [0.4, 0.5) is 0 Å². The molecule has 23 heavy (non-hydrogen) atoms. The number of amides is 1. The number of hydrogen-bond acceptors (Lipinski definition) is 4. The van der Waals surface area contributed by atoms with Crippen LogP contribution in [0.5, 0.6) is 11.6 Å². The van der Waals surface area contributed by atoms with E-state index in [4.69, 9.17) is 4.74 Å². The maximum absolute atomic E-state index is 12.7. The Morgan fingerprint density at radius 1 is 1.09 bits per heavy atom. The molecule has 1 aromatic carbocycles. The lowest BCUT2D eigenvalue weighted by Crippen LogP contribution is -2.47. The molecule has 1 fully saturated rings. The highest BCUT2D eigenvalue weighted by Crippen LogP contribution is 2.24. The van der Waals surface area contributed by atoms with E-state index in [0.717, 1.165) is 12.8 Å². The van der Waals surface area contributed by atoms with Gasteiger partial charge in [0.2, 0.25) is 5.88 Å². The molecule has 0 aliphatic carbocycles. The number of piperidine rings is 1. The number of aromatic nitrogens is 2. The van der Waals surface area contributed by atoms with Crippen LogP contribution in [0.2, 0.25) is 0 Å². The summed E-state index contributed by atoms with van der Waals surface area (Å²) in [6, 6.07) is 9.87. The maximum Gasteiger partial charge on any atom is 0.274 e. The number of benzene rings is 1. The molecule has 1 aliphatic heterocycles. The normalized spacial score (nSPS) is 21.0. The van der Waals surface area contributed by atoms with Crippen molar-refractivity contribution in [1.29, 1.82) is 0 Å². The Kier molecular flexibility index (Phi) is 4.55. The van der Waals surface area contributed by atoms with Gasteiger partial charge < -0.3 is 9.64 Å². The molecule has 5 nitrogen and oxygen atoms in total. The lowest BCUT2D eigenvalue weighted by Gasteiger charge is -2.38. The quantitative estimate of drug-likeness (QED) is 0.868. The van der Waals surface area contributed by atoms with Gasteiger partial charge in [0.25, 0.3) is 5.91 Å². The van der Waals surface area contributed by atoms with Gasteiger partial charge in [-0.3, -0.25) is 4.79 Å². The summed E-state index contributed by atoms with van der Waals surface area (Å²) >= 11 is 0. The van der Waals surface area contributed by atoms with Gasteiger partial charge in [-0.1, -0.05) is 18.2 Å². The number of ether oxygens (including phenoxy) is 1. The molecule has 2 heterocycles.